The Balaban J connectivity index is 2.38. The van der Waals surface area contributed by atoms with Crippen LogP contribution in [0.2, 0.25) is 0 Å². The van der Waals surface area contributed by atoms with Gasteiger partial charge in [0.05, 0.1) is 13.3 Å². The summed E-state index contributed by atoms with van der Waals surface area (Å²) in [5.74, 6) is 0.785. The molecule has 0 radical (unpaired) electrons. The first kappa shape index (κ1) is 11.4. The highest BCUT2D eigenvalue weighted by Crippen LogP contribution is 2.28. The van der Waals surface area contributed by atoms with Gasteiger partial charge in [0.2, 0.25) is 0 Å². The first-order chi connectivity index (χ1) is 8.20. The Morgan fingerprint density at radius 3 is 2.88 bits per heavy atom. The van der Waals surface area contributed by atoms with E-state index in [0.29, 0.717) is 0 Å². The van der Waals surface area contributed by atoms with Gasteiger partial charge in [-0.05, 0) is 31.5 Å². The van der Waals surface area contributed by atoms with Crippen LogP contribution >= 0.6 is 0 Å². The standard InChI is InChI=1S/C13H15N3O/c1-9-4-5-12(13(6-9)17-3)16-10(2)11-7-14-15-8-11/h4-8H,1-3H3,(H,14,15)/b16-10+. The number of aryl methyl sites for hydroxylation is 1. The zero-order chi connectivity index (χ0) is 12.3. The van der Waals surface area contributed by atoms with Crippen molar-refractivity contribution in [1.29, 1.82) is 0 Å². The van der Waals surface area contributed by atoms with E-state index in [2.05, 4.69) is 15.2 Å². The lowest BCUT2D eigenvalue weighted by Gasteiger charge is -2.06. The van der Waals surface area contributed by atoms with Crippen molar-refractivity contribution in [2.75, 3.05) is 7.11 Å². The molecule has 0 aliphatic heterocycles. The van der Waals surface area contributed by atoms with Crippen molar-refractivity contribution in [3.05, 3.63) is 41.7 Å². The van der Waals surface area contributed by atoms with Crippen LogP contribution in [-0.4, -0.2) is 23.0 Å². The fourth-order valence-corrected chi connectivity index (χ4v) is 1.57. The van der Waals surface area contributed by atoms with E-state index in [1.165, 1.54) is 0 Å². The average molecular weight is 229 g/mol. The maximum atomic E-state index is 5.31. The van der Waals surface area contributed by atoms with Gasteiger partial charge in [-0.1, -0.05) is 6.07 Å². The van der Waals surface area contributed by atoms with Crippen LogP contribution in [0.4, 0.5) is 5.69 Å². The molecule has 0 aliphatic rings. The first-order valence-electron chi connectivity index (χ1n) is 5.40. The number of nitrogens with one attached hydrogen (secondary N) is 1. The van der Waals surface area contributed by atoms with Gasteiger partial charge < -0.3 is 4.74 Å². The molecule has 1 aromatic heterocycles. The minimum absolute atomic E-state index is 0.785. The van der Waals surface area contributed by atoms with Crippen molar-refractivity contribution in [1.82, 2.24) is 10.2 Å². The van der Waals surface area contributed by atoms with Crippen molar-refractivity contribution in [2.45, 2.75) is 13.8 Å². The van der Waals surface area contributed by atoms with Crippen molar-refractivity contribution in [3.63, 3.8) is 0 Å². The van der Waals surface area contributed by atoms with Gasteiger partial charge in [0, 0.05) is 17.5 Å². The van der Waals surface area contributed by atoms with Crippen molar-refractivity contribution < 1.29 is 4.74 Å². The molecule has 1 heterocycles. The summed E-state index contributed by atoms with van der Waals surface area (Å²) in [6.45, 7) is 3.98. The Morgan fingerprint density at radius 2 is 2.24 bits per heavy atom. The quantitative estimate of drug-likeness (QED) is 0.823. The van der Waals surface area contributed by atoms with E-state index in [1.807, 2.05) is 38.2 Å². The SMILES string of the molecule is COc1cc(C)ccc1/N=C(\C)c1cn[nH]c1. The van der Waals surface area contributed by atoms with Crippen LogP contribution in [0.3, 0.4) is 0 Å². The topological polar surface area (TPSA) is 50.3 Å². The minimum atomic E-state index is 0.785. The monoisotopic (exact) mass is 229 g/mol. The summed E-state index contributed by atoms with van der Waals surface area (Å²) in [7, 11) is 1.65. The van der Waals surface area contributed by atoms with Crippen LogP contribution in [0.5, 0.6) is 5.75 Å². The molecule has 0 amide bonds. The number of methoxy groups -OCH3 is 1. The van der Waals surface area contributed by atoms with E-state index in [1.54, 1.807) is 13.3 Å². The van der Waals surface area contributed by atoms with Crippen LogP contribution in [0, 0.1) is 6.92 Å². The number of H-pyrrole nitrogens is 1. The summed E-state index contributed by atoms with van der Waals surface area (Å²) in [5, 5.41) is 6.68. The van der Waals surface area contributed by atoms with Crippen molar-refractivity contribution in [2.24, 2.45) is 4.99 Å². The number of aromatic amines is 1. The smallest absolute Gasteiger partial charge is 0.144 e. The lowest BCUT2D eigenvalue weighted by atomic mass is 10.2. The molecule has 0 fully saturated rings. The number of rotatable bonds is 3. The van der Waals surface area contributed by atoms with Gasteiger partial charge in [-0.2, -0.15) is 5.10 Å². The molecular formula is C13H15N3O. The molecule has 1 aromatic carbocycles. The zero-order valence-corrected chi connectivity index (χ0v) is 10.2. The third kappa shape index (κ3) is 2.53. The maximum absolute atomic E-state index is 5.31. The Morgan fingerprint density at radius 1 is 1.41 bits per heavy atom. The normalized spacial score (nSPS) is 11.6. The van der Waals surface area contributed by atoms with Gasteiger partial charge >= 0.3 is 0 Å². The minimum Gasteiger partial charge on any atom is -0.494 e. The summed E-state index contributed by atoms with van der Waals surface area (Å²) in [6.07, 6.45) is 3.57. The summed E-state index contributed by atoms with van der Waals surface area (Å²) >= 11 is 0. The molecule has 1 N–H and O–H groups in total. The number of ether oxygens (including phenoxy) is 1. The number of hydrogen-bond donors (Lipinski definition) is 1. The zero-order valence-electron chi connectivity index (χ0n) is 10.2. The summed E-state index contributed by atoms with van der Waals surface area (Å²) in [6, 6.07) is 5.95. The Hall–Kier alpha value is -2.10. The Kier molecular flexibility index (Phi) is 3.23. The molecule has 0 bridgehead atoms. The highest BCUT2D eigenvalue weighted by Gasteiger charge is 2.04. The second-order valence-electron chi connectivity index (χ2n) is 3.86. The van der Waals surface area contributed by atoms with Crippen LogP contribution < -0.4 is 4.74 Å². The second-order valence-corrected chi connectivity index (χ2v) is 3.86. The van der Waals surface area contributed by atoms with Crippen LogP contribution in [0.15, 0.2) is 35.6 Å². The average Bonchev–Trinajstić information content (AvgIpc) is 2.85. The fraction of sp³-hybridized carbons (Fsp3) is 0.231. The number of benzene rings is 1. The molecule has 0 aliphatic carbocycles. The maximum Gasteiger partial charge on any atom is 0.144 e. The third-order valence-corrected chi connectivity index (χ3v) is 2.54. The van der Waals surface area contributed by atoms with Crippen molar-refractivity contribution in [3.8, 4) is 5.75 Å². The van der Waals surface area contributed by atoms with Gasteiger partial charge in [-0.25, -0.2) is 4.99 Å². The molecule has 17 heavy (non-hydrogen) atoms. The predicted molar refractivity (Wildman–Crippen MR) is 68.2 cm³/mol. The summed E-state index contributed by atoms with van der Waals surface area (Å²) < 4.78 is 5.31. The molecule has 4 heteroatoms. The Labute approximate surface area is 100 Å². The number of aromatic nitrogens is 2. The molecule has 0 atom stereocenters. The first-order valence-corrected chi connectivity index (χ1v) is 5.40. The van der Waals surface area contributed by atoms with Crippen LogP contribution in [0.1, 0.15) is 18.1 Å². The van der Waals surface area contributed by atoms with Crippen molar-refractivity contribution >= 4 is 11.4 Å². The molecule has 2 aromatic rings. The van der Waals surface area contributed by atoms with E-state index < -0.39 is 0 Å². The highest BCUT2D eigenvalue weighted by molar-refractivity contribution is 6.00. The number of hydrogen-bond acceptors (Lipinski definition) is 3. The highest BCUT2D eigenvalue weighted by atomic mass is 16.5. The molecule has 0 unspecified atom stereocenters. The molecule has 4 nitrogen and oxygen atoms in total. The molecular weight excluding hydrogens is 214 g/mol. The fourth-order valence-electron chi connectivity index (χ4n) is 1.57. The molecule has 0 spiro atoms. The lowest BCUT2D eigenvalue weighted by molar-refractivity contribution is 0.416. The molecule has 0 saturated heterocycles. The van der Waals surface area contributed by atoms with Gasteiger partial charge in [-0.15, -0.1) is 0 Å². The van der Waals surface area contributed by atoms with Gasteiger partial charge in [0.15, 0.2) is 0 Å². The van der Waals surface area contributed by atoms with Gasteiger partial charge in [-0.3, -0.25) is 5.10 Å². The lowest BCUT2D eigenvalue weighted by Crippen LogP contribution is -1.92. The second kappa shape index (κ2) is 4.82. The van der Waals surface area contributed by atoms with Gasteiger partial charge in [0.25, 0.3) is 0 Å². The van der Waals surface area contributed by atoms with E-state index >= 15 is 0 Å². The molecule has 0 saturated carbocycles. The van der Waals surface area contributed by atoms with E-state index in [9.17, 15) is 0 Å². The van der Waals surface area contributed by atoms with Gasteiger partial charge in [0.1, 0.15) is 11.4 Å². The van der Waals surface area contributed by atoms with E-state index in [4.69, 9.17) is 4.74 Å². The van der Waals surface area contributed by atoms with E-state index in [-0.39, 0.29) is 0 Å². The van der Waals surface area contributed by atoms with Crippen LogP contribution in [0.25, 0.3) is 0 Å². The largest absolute Gasteiger partial charge is 0.494 e. The number of aliphatic imine (C=N–C) groups is 1. The molecule has 2 rings (SSSR count). The summed E-state index contributed by atoms with van der Waals surface area (Å²) in [5.41, 5.74) is 3.87. The predicted octanol–water partition coefficient (Wildman–Crippen LogP) is 2.87. The van der Waals surface area contributed by atoms with E-state index in [0.717, 1.165) is 28.3 Å². The third-order valence-electron chi connectivity index (χ3n) is 2.54. The summed E-state index contributed by atoms with van der Waals surface area (Å²) in [4.78, 5) is 4.55. The Bertz CT molecular complexity index is 530. The number of nitrogens with zero attached hydrogens (tertiary/aromatic N) is 2. The van der Waals surface area contributed by atoms with Crippen LogP contribution in [-0.2, 0) is 0 Å². The molecule has 88 valence electrons.